The first-order valence-electron chi connectivity index (χ1n) is 34.1. The van der Waals surface area contributed by atoms with Crippen molar-refractivity contribution in [3.8, 4) is 44.9 Å². The van der Waals surface area contributed by atoms with E-state index in [4.69, 9.17) is 29.1 Å². The Labute approximate surface area is 425 Å². The molecule has 0 atom stereocenters. The molecule has 6 heteroatoms. The number of hydrogen-bond acceptors (Lipinski definition) is 4. The van der Waals surface area contributed by atoms with Gasteiger partial charge in [0.1, 0.15) is 11.4 Å². The van der Waals surface area contributed by atoms with Crippen molar-refractivity contribution in [2.75, 3.05) is 0 Å². The van der Waals surface area contributed by atoms with Crippen LogP contribution >= 0.6 is 0 Å². The van der Waals surface area contributed by atoms with Crippen LogP contribution in [-0.2, 0) is 58.3 Å². The second-order valence-electron chi connectivity index (χ2n) is 12.7. The zero-order valence-electron chi connectivity index (χ0n) is 63.7. The van der Waals surface area contributed by atoms with Gasteiger partial charge in [-0.1, -0.05) is 95.6 Å². The molecule has 10 rings (SSSR count). The summed E-state index contributed by atoms with van der Waals surface area (Å²) in [6.07, 6.45) is -20.4. The Bertz CT molecular complexity index is 4740. The van der Waals surface area contributed by atoms with E-state index in [1.165, 1.54) is 0 Å². The van der Waals surface area contributed by atoms with Gasteiger partial charge in [0.15, 0.2) is 0 Å². The van der Waals surface area contributed by atoms with Crippen molar-refractivity contribution in [2.24, 2.45) is 0 Å². The Hall–Kier alpha value is -6.85. The molecule has 0 bridgehead atoms. The predicted octanol–water partition coefficient (Wildman–Crippen LogP) is 13.3. The fraction of sp³-hybridized carbons (Fsp3) is 0.105. The minimum Gasteiger partial charge on any atom is -0.500 e. The summed E-state index contributed by atoms with van der Waals surface area (Å²) in [7, 11) is 0. The molecule has 63 heavy (non-hydrogen) atoms. The largest absolute Gasteiger partial charge is 3.00 e. The number of halogens is 1. The first-order valence-corrected chi connectivity index (χ1v) is 18.1. The third-order valence-corrected chi connectivity index (χ3v) is 8.74. The Balaban J connectivity index is 0.0000106. The normalized spacial score (nSPS) is 19.8. The number of fused-ring (bicyclic) bond motifs is 3. The summed E-state index contributed by atoms with van der Waals surface area (Å²) in [5.41, 5.74) is -12.2. The van der Waals surface area contributed by atoms with Gasteiger partial charge in [-0.05, 0) is 113 Å². The Morgan fingerprint density at radius 3 is 1.54 bits per heavy atom. The average Bonchev–Trinajstić information content (AvgIpc) is 1.69. The monoisotopic (exact) mass is 1030 g/mol. The molecule has 0 saturated carbocycles. The van der Waals surface area contributed by atoms with Crippen LogP contribution in [0.1, 0.15) is 77.2 Å². The van der Waals surface area contributed by atoms with Crippen LogP contribution < -0.4 is 0 Å². The first-order chi connectivity index (χ1) is 43.4. The number of hydrogen-bond donors (Lipinski definition) is 0. The number of rotatable bonds is 13. The quantitative estimate of drug-likeness (QED) is 0.108. The van der Waals surface area contributed by atoms with Gasteiger partial charge in [0.2, 0.25) is 0 Å². The summed E-state index contributed by atoms with van der Waals surface area (Å²) in [6, 6.07) is -4.56. The molecule has 0 aliphatic carbocycles. The molecule has 6 aromatic carbocycles. The van der Waals surface area contributed by atoms with Crippen LogP contribution in [0.2, 0.25) is 0 Å². The van der Waals surface area contributed by atoms with E-state index >= 15 is 4.39 Å². The van der Waals surface area contributed by atoms with Crippen molar-refractivity contribution in [1.82, 2.24) is 15.0 Å². The molecule has 0 fully saturated rings. The van der Waals surface area contributed by atoms with E-state index in [9.17, 15) is 19.2 Å². The third-order valence-electron chi connectivity index (χ3n) is 8.74. The Morgan fingerprint density at radius 1 is 0.476 bits per heavy atom. The molecule has 0 saturated heterocycles. The second kappa shape index (κ2) is 19.0. The molecule has 4 heterocycles. The number of nitrogens with zero attached hydrogens (tertiary/aromatic N) is 3. The van der Waals surface area contributed by atoms with Crippen LogP contribution in [0.15, 0.2) is 180 Å². The molecule has 0 aliphatic rings. The zero-order chi connectivity index (χ0) is 69.8. The summed E-state index contributed by atoms with van der Waals surface area (Å²) in [6.45, 7) is 0. The molecule has 0 aliphatic heterocycles. The van der Waals surface area contributed by atoms with Crippen molar-refractivity contribution < 1.29 is 72.8 Å². The van der Waals surface area contributed by atoms with E-state index in [0.717, 1.165) is 18.2 Å². The molecule has 4 aromatic heterocycles. The summed E-state index contributed by atoms with van der Waals surface area (Å²) in [5.74, 6) is -1.56. The fourth-order valence-corrected chi connectivity index (χ4v) is 5.95. The van der Waals surface area contributed by atoms with Gasteiger partial charge < -0.3 is 19.4 Å². The molecule has 10 aromatic rings. The minimum absolute atomic E-state index is 0. The Morgan fingerprint density at radius 2 is 0.968 bits per heavy atom. The van der Waals surface area contributed by atoms with Crippen LogP contribution in [0.25, 0.3) is 66.8 Å². The van der Waals surface area contributed by atoms with E-state index in [-0.39, 0.29) is 36.6 Å². The molecule has 4 nitrogen and oxygen atoms in total. The van der Waals surface area contributed by atoms with Crippen LogP contribution in [0, 0.1) is 24.0 Å². The van der Waals surface area contributed by atoms with Crippen molar-refractivity contribution in [3.05, 3.63) is 233 Å². The molecule has 0 N–H and O–H groups in total. The Kier molecular flexibility index (Phi) is 5.58. The standard InChI is InChI=1S/C57H41FN3O.Ir/c58-51-29-28-49-48-17-10-18-50(56(48)62-57(49)55(51)47-15-8-3-9-16-47)54-32-27-41(38-61-54)21-24-44-34-42(22-19-39-25-30-52(59-36-39)45-11-4-1-5-12-45)33-43(35-44)23-20-40-26-31-53(60-37-40)46-13-6-2-7-14-46;/h1-11,13,15-17,25-38H,19-24H2;/q-3;+3/i1D,2D,3D,4D,6D,8D,9D,11D,13D,15D,16D,17D,19D2,20D2,21D2,22D2,23D2,24D2,25D,26D,27D,28D,29D,30D,31D,32D;. The van der Waals surface area contributed by atoms with E-state index < -0.39 is 249 Å². The van der Waals surface area contributed by atoms with Crippen LogP contribution in [0.4, 0.5) is 4.39 Å². The average molecular weight is 1030 g/mol. The van der Waals surface area contributed by atoms with Crippen molar-refractivity contribution in [3.63, 3.8) is 0 Å². The molecule has 306 valence electrons. The van der Waals surface area contributed by atoms with E-state index in [1.54, 1.807) is 0 Å². The van der Waals surface area contributed by atoms with Crippen LogP contribution in [0.5, 0.6) is 0 Å². The van der Waals surface area contributed by atoms with Gasteiger partial charge in [0, 0.05) is 43.2 Å². The van der Waals surface area contributed by atoms with Gasteiger partial charge in [-0.25, -0.2) is 4.39 Å². The van der Waals surface area contributed by atoms with E-state index in [2.05, 4.69) is 33.2 Å². The van der Waals surface area contributed by atoms with Gasteiger partial charge in [0.05, 0.1) is 29.0 Å². The van der Waals surface area contributed by atoms with Gasteiger partial charge >= 0.3 is 20.1 Å². The van der Waals surface area contributed by atoms with Gasteiger partial charge in [0.25, 0.3) is 0 Å². The summed E-state index contributed by atoms with van der Waals surface area (Å²) < 4.78 is 306. The molecule has 0 spiro atoms. The van der Waals surface area contributed by atoms with Gasteiger partial charge in [-0.15, -0.1) is 89.8 Å². The molecular weight excluding hydrogens is 954 g/mol. The van der Waals surface area contributed by atoms with Crippen molar-refractivity contribution in [1.29, 1.82) is 0 Å². The maximum absolute atomic E-state index is 16.4. The van der Waals surface area contributed by atoms with Gasteiger partial charge in [-0.3, -0.25) is 0 Å². The van der Waals surface area contributed by atoms with Crippen LogP contribution in [0.3, 0.4) is 0 Å². The maximum Gasteiger partial charge on any atom is 3.00 e. The molecular formula is C57H41FIrN3O. The topological polar surface area (TPSA) is 51.8 Å². The smallest absolute Gasteiger partial charge is 0.500 e. The first kappa shape index (κ1) is 18.5. The SMILES string of the molecule is [2H]c1c[c-]c(-c2ncc(C([2H])([2H])C([2H])([2H])c3cc(C([2H])([2H])C([2H])([2H])c4cnc(-c5[c-]cc([2H])c([2H])c5[2H])c([2H])c4[2H])cc(C([2H])([2H])C([2H])([2H])c4cnc(-c5[c-]cc([2H])c6c5oc5c(-c7c([2H])c([2H])c([2H])c([2H])c7[2H])c(F)c([2H])c([2H])c56)c([2H])c4[2H])c3)c([2H])c2[2H])c([2H])c1[2H].[Ir+3]. The van der Waals surface area contributed by atoms with Crippen molar-refractivity contribution in [2.45, 2.75) is 38.2 Å². The van der Waals surface area contributed by atoms with E-state index in [0.29, 0.717) is 36.8 Å². The minimum atomic E-state index is -3.77. The number of benzene rings is 6. The predicted molar refractivity (Wildman–Crippen MR) is 247 cm³/mol. The number of furan rings is 1. The number of aryl methyl sites for hydroxylation is 6. The molecule has 0 radical (unpaired) electrons. The van der Waals surface area contributed by atoms with E-state index in [1.807, 2.05) is 0 Å². The summed E-state index contributed by atoms with van der Waals surface area (Å²) in [4.78, 5) is 12.2. The second-order valence-corrected chi connectivity index (χ2v) is 12.7. The molecule has 0 unspecified atom stereocenters. The summed E-state index contributed by atoms with van der Waals surface area (Å²) >= 11 is 0. The maximum atomic E-state index is 16.4. The fourth-order valence-electron chi connectivity index (χ4n) is 5.95. The number of pyridine rings is 3. The third kappa shape index (κ3) is 9.34. The zero-order valence-corrected chi connectivity index (χ0v) is 34.1. The van der Waals surface area contributed by atoms with Crippen LogP contribution in [-0.4, -0.2) is 15.0 Å². The summed E-state index contributed by atoms with van der Waals surface area (Å²) in [5, 5.41) is -0.868. The van der Waals surface area contributed by atoms with Crippen molar-refractivity contribution >= 4 is 21.9 Å². The number of aromatic nitrogens is 3. The van der Waals surface area contributed by atoms with Gasteiger partial charge in [-0.2, -0.15) is 0 Å². The molecule has 0 amide bonds.